The fourth-order valence-electron chi connectivity index (χ4n) is 1.82. The van der Waals surface area contributed by atoms with Crippen molar-refractivity contribution in [3.05, 3.63) is 28.8 Å². The highest BCUT2D eigenvalue weighted by atomic mass is 35.5. The summed E-state index contributed by atoms with van der Waals surface area (Å²) in [6.07, 6.45) is 0. The summed E-state index contributed by atoms with van der Waals surface area (Å²) in [7, 11) is 0. The summed E-state index contributed by atoms with van der Waals surface area (Å²) in [5, 5.41) is 6.69. The van der Waals surface area contributed by atoms with Crippen LogP contribution in [-0.4, -0.2) is 12.5 Å². The van der Waals surface area contributed by atoms with Crippen molar-refractivity contribution in [3.63, 3.8) is 0 Å². The average molecular weight is 239 g/mol. The summed E-state index contributed by atoms with van der Waals surface area (Å²) in [4.78, 5) is 11.8. The third-order valence-corrected chi connectivity index (χ3v) is 2.92. The van der Waals surface area contributed by atoms with Crippen LogP contribution in [0.1, 0.15) is 25.5 Å². The average Bonchev–Trinajstić information content (AvgIpc) is 2.52. The van der Waals surface area contributed by atoms with Crippen LogP contribution in [0, 0.1) is 5.92 Å². The molecule has 1 amide bonds. The number of rotatable bonds is 3. The number of amides is 1. The molecule has 2 N–H and O–H groups in total. The van der Waals surface area contributed by atoms with E-state index in [0.29, 0.717) is 10.9 Å². The minimum atomic E-state index is -0.314. The van der Waals surface area contributed by atoms with Gasteiger partial charge in [-0.2, -0.15) is 0 Å². The van der Waals surface area contributed by atoms with Crippen LogP contribution in [0.4, 0.5) is 5.69 Å². The van der Waals surface area contributed by atoms with Gasteiger partial charge in [-0.15, -0.1) is 0 Å². The zero-order chi connectivity index (χ0) is 11.7. The number of benzene rings is 1. The van der Waals surface area contributed by atoms with Crippen molar-refractivity contribution in [2.24, 2.45) is 5.92 Å². The minimum absolute atomic E-state index is 0.0243. The predicted molar refractivity (Wildman–Crippen MR) is 65.7 cm³/mol. The number of carbonyl (C=O) groups is 1. The normalized spacial score (nSPS) is 18.8. The molecule has 0 spiro atoms. The van der Waals surface area contributed by atoms with Crippen LogP contribution in [0.3, 0.4) is 0 Å². The predicted octanol–water partition coefficient (Wildman–Crippen LogP) is 2.58. The molecule has 1 aromatic rings. The lowest BCUT2D eigenvalue weighted by molar-refractivity contribution is -0.117. The van der Waals surface area contributed by atoms with Gasteiger partial charge in [0, 0.05) is 16.3 Å². The van der Waals surface area contributed by atoms with E-state index in [2.05, 4.69) is 24.5 Å². The Balaban J connectivity index is 2.25. The standard InChI is InChI=1S/C12H15ClN2O/c1-7(2)6-14-11-10-8(13)4-3-5-9(10)15-12(11)16/h3-5,7,11,14H,6H2,1-2H3,(H,15,16). The molecule has 1 unspecified atom stereocenters. The first kappa shape index (κ1) is 11.4. The highest BCUT2D eigenvalue weighted by molar-refractivity contribution is 6.32. The SMILES string of the molecule is CC(C)CNC1C(=O)Nc2cccc(Cl)c21. The van der Waals surface area contributed by atoms with E-state index in [-0.39, 0.29) is 11.9 Å². The second kappa shape index (κ2) is 4.44. The largest absolute Gasteiger partial charge is 0.324 e. The van der Waals surface area contributed by atoms with Crippen molar-refractivity contribution in [3.8, 4) is 0 Å². The van der Waals surface area contributed by atoms with Crippen molar-refractivity contribution in [1.29, 1.82) is 0 Å². The Morgan fingerprint density at radius 1 is 1.50 bits per heavy atom. The molecular formula is C12H15ClN2O. The molecule has 2 rings (SSSR count). The van der Waals surface area contributed by atoms with Crippen LogP contribution >= 0.6 is 11.6 Å². The number of halogens is 1. The number of carbonyl (C=O) groups excluding carboxylic acids is 1. The molecule has 0 aliphatic carbocycles. The van der Waals surface area contributed by atoms with Gasteiger partial charge in [-0.25, -0.2) is 0 Å². The fraction of sp³-hybridized carbons (Fsp3) is 0.417. The van der Waals surface area contributed by atoms with Gasteiger partial charge in [0.05, 0.1) is 0 Å². The molecule has 0 saturated carbocycles. The Morgan fingerprint density at radius 3 is 2.94 bits per heavy atom. The zero-order valence-electron chi connectivity index (χ0n) is 9.38. The first-order chi connectivity index (χ1) is 7.59. The van der Waals surface area contributed by atoms with E-state index in [1.807, 2.05) is 18.2 Å². The number of fused-ring (bicyclic) bond motifs is 1. The van der Waals surface area contributed by atoms with E-state index >= 15 is 0 Å². The molecule has 4 heteroatoms. The van der Waals surface area contributed by atoms with Gasteiger partial charge in [-0.1, -0.05) is 31.5 Å². The molecule has 0 aromatic heterocycles. The second-order valence-electron chi connectivity index (χ2n) is 4.43. The quantitative estimate of drug-likeness (QED) is 0.850. The Hall–Kier alpha value is -1.06. The molecule has 3 nitrogen and oxygen atoms in total. The summed E-state index contributed by atoms with van der Waals surface area (Å²) in [5.74, 6) is 0.475. The molecule has 1 aromatic carbocycles. The Kier molecular flexibility index (Phi) is 3.17. The van der Waals surface area contributed by atoms with E-state index in [9.17, 15) is 4.79 Å². The Labute approximate surface area is 100 Å². The molecule has 0 bridgehead atoms. The van der Waals surface area contributed by atoms with Crippen molar-refractivity contribution >= 4 is 23.2 Å². The summed E-state index contributed by atoms with van der Waals surface area (Å²) in [6, 6.07) is 5.21. The monoisotopic (exact) mass is 238 g/mol. The lowest BCUT2D eigenvalue weighted by Crippen LogP contribution is -2.30. The third kappa shape index (κ3) is 2.06. The van der Waals surface area contributed by atoms with Gasteiger partial charge in [0.15, 0.2) is 0 Å². The van der Waals surface area contributed by atoms with Gasteiger partial charge < -0.3 is 10.6 Å². The third-order valence-electron chi connectivity index (χ3n) is 2.59. The topological polar surface area (TPSA) is 41.1 Å². The van der Waals surface area contributed by atoms with E-state index in [4.69, 9.17) is 11.6 Å². The van der Waals surface area contributed by atoms with Crippen LogP contribution in [0.5, 0.6) is 0 Å². The Morgan fingerprint density at radius 2 is 2.25 bits per heavy atom. The lowest BCUT2D eigenvalue weighted by Gasteiger charge is -2.14. The number of hydrogen-bond donors (Lipinski definition) is 2. The summed E-state index contributed by atoms with van der Waals surface area (Å²) < 4.78 is 0. The lowest BCUT2D eigenvalue weighted by atomic mass is 10.1. The highest BCUT2D eigenvalue weighted by Gasteiger charge is 2.31. The molecule has 1 aliphatic rings. The van der Waals surface area contributed by atoms with Crippen LogP contribution in [0.15, 0.2) is 18.2 Å². The van der Waals surface area contributed by atoms with Gasteiger partial charge >= 0.3 is 0 Å². The number of anilines is 1. The van der Waals surface area contributed by atoms with Crippen molar-refractivity contribution in [2.45, 2.75) is 19.9 Å². The zero-order valence-corrected chi connectivity index (χ0v) is 10.1. The van der Waals surface area contributed by atoms with Gasteiger partial charge in [-0.05, 0) is 24.6 Å². The van der Waals surface area contributed by atoms with Crippen molar-refractivity contribution in [1.82, 2.24) is 5.32 Å². The smallest absolute Gasteiger partial charge is 0.246 e. The van der Waals surface area contributed by atoms with Gasteiger partial charge in [0.2, 0.25) is 5.91 Å². The molecule has 0 fully saturated rings. The van der Waals surface area contributed by atoms with Crippen molar-refractivity contribution < 1.29 is 4.79 Å². The number of nitrogens with one attached hydrogen (secondary N) is 2. The van der Waals surface area contributed by atoms with Gasteiger partial charge in [-0.3, -0.25) is 4.79 Å². The van der Waals surface area contributed by atoms with E-state index in [0.717, 1.165) is 17.8 Å². The molecule has 0 saturated heterocycles. The van der Waals surface area contributed by atoms with E-state index < -0.39 is 0 Å². The molecule has 1 heterocycles. The molecule has 1 aliphatic heterocycles. The maximum absolute atomic E-state index is 11.8. The van der Waals surface area contributed by atoms with Crippen LogP contribution in [0.2, 0.25) is 5.02 Å². The fourth-order valence-corrected chi connectivity index (χ4v) is 2.11. The van der Waals surface area contributed by atoms with Crippen molar-refractivity contribution in [2.75, 3.05) is 11.9 Å². The molecule has 86 valence electrons. The second-order valence-corrected chi connectivity index (χ2v) is 4.83. The summed E-state index contributed by atoms with van der Waals surface area (Å²) in [6.45, 7) is 5.00. The summed E-state index contributed by atoms with van der Waals surface area (Å²) in [5.41, 5.74) is 1.69. The highest BCUT2D eigenvalue weighted by Crippen LogP contribution is 2.36. The van der Waals surface area contributed by atoms with Crippen LogP contribution in [-0.2, 0) is 4.79 Å². The number of hydrogen-bond acceptors (Lipinski definition) is 2. The van der Waals surface area contributed by atoms with E-state index in [1.54, 1.807) is 0 Å². The first-order valence-corrected chi connectivity index (χ1v) is 5.80. The summed E-state index contributed by atoms with van der Waals surface area (Å²) >= 11 is 6.11. The maximum atomic E-state index is 11.8. The maximum Gasteiger partial charge on any atom is 0.246 e. The minimum Gasteiger partial charge on any atom is -0.324 e. The van der Waals surface area contributed by atoms with Crippen LogP contribution in [0.25, 0.3) is 0 Å². The first-order valence-electron chi connectivity index (χ1n) is 5.42. The van der Waals surface area contributed by atoms with Crippen LogP contribution < -0.4 is 10.6 Å². The molecule has 0 radical (unpaired) electrons. The van der Waals surface area contributed by atoms with Gasteiger partial charge in [0.25, 0.3) is 0 Å². The molecular weight excluding hydrogens is 224 g/mol. The van der Waals surface area contributed by atoms with E-state index in [1.165, 1.54) is 0 Å². The molecule has 16 heavy (non-hydrogen) atoms. The molecule has 1 atom stereocenters. The van der Waals surface area contributed by atoms with Gasteiger partial charge in [0.1, 0.15) is 6.04 Å². The Bertz CT molecular complexity index is 417.